The number of hydrogen-bond acceptors (Lipinski definition) is 6. The van der Waals surface area contributed by atoms with Gasteiger partial charge in [0.05, 0.1) is 33.7 Å². The van der Waals surface area contributed by atoms with E-state index >= 15 is 0 Å². The van der Waals surface area contributed by atoms with Gasteiger partial charge in [0.15, 0.2) is 0 Å². The van der Waals surface area contributed by atoms with Gasteiger partial charge in [0, 0.05) is 30.6 Å². The maximum Gasteiger partial charge on any atom is 0.332 e. The highest BCUT2D eigenvalue weighted by atomic mass is 35.5. The number of rotatable bonds is 7. The molecule has 43 heavy (non-hydrogen) atoms. The quantitative estimate of drug-likeness (QED) is 0.324. The number of pyridine rings is 1. The van der Waals surface area contributed by atoms with Crippen LogP contribution in [0, 0.1) is 0 Å². The molecule has 0 bridgehead atoms. The number of carbonyl (C=O) groups excluding carboxylic acids is 2. The number of nitrogens with two attached hydrogens (primary N) is 1. The number of benzene rings is 2. The van der Waals surface area contributed by atoms with Crippen LogP contribution < -0.4 is 22.3 Å². The summed E-state index contributed by atoms with van der Waals surface area (Å²) in [6.07, 6.45) is 3.78. The van der Waals surface area contributed by atoms with Crippen LogP contribution in [0.5, 0.6) is 0 Å². The predicted molar refractivity (Wildman–Crippen MR) is 163 cm³/mol. The molecule has 2 amide bonds. The molecule has 0 saturated carbocycles. The van der Waals surface area contributed by atoms with E-state index in [1.807, 2.05) is 12.1 Å². The molecule has 12 heteroatoms. The summed E-state index contributed by atoms with van der Waals surface area (Å²) in [7, 11) is 1.46. The van der Waals surface area contributed by atoms with E-state index in [0.29, 0.717) is 29.8 Å². The largest absolute Gasteiger partial charge is 0.383 e. The average Bonchev–Trinajstić information content (AvgIpc) is 3.48. The van der Waals surface area contributed by atoms with E-state index in [0.717, 1.165) is 25.8 Å². The van der Waals surface area contributed by atoms with E-state index in [4.69, 9.17) is 33.7 Å². The summed E-state index contributed by atoms with van der Waals surface area (Å²) in [6, 6.07) is 11.9. The number of halogens is 2. The van der Waals surface area contributed by atoms with Gasteiger partial charge in [-0.3, -0.25) is 23.5 Å². The highest BCUT2D eigenvalue weighted by Gasteiger charge is 2.51. The van der Waals surface area contributed by atoms with E-state index in [-0.39, 0.29) is 28.1 Å². The van der Waals surface area contributed by atoms with Gasteiger partial charge in [0.1, 0.15) is 11.9 Å². The second kappa shape index (κ2) is 10.8. The van der Waals surface area contributed by atoms with Crippen LogP contribution in [0.2, 0.25) is 10.0 Å². The highest BCUT2D eigenvalue weighted by molar-refractivity contribution is 6.43. The maximum absolute atomic E-state index is 13.9. The van der Waals surface area contributed by atoms with Crippen LogP contribution in [-0.4, -0.2) is 39.6 Å². The molecular weight excluding hydrogens is 593 g/mol. The molecule has 0 saturated heterocycles. The standard InChI is InChI=1S/C31H27Cl2N5O5/c1-16(15-43-2)38-28(40)21(20-5-3-7-23(32)24(20)33)14-37(30(38)42)25(26(34)39)17-8-9-18-12-31(13-19(18)11-17)22-6-4-10-35-27(22)36-29(31)41/h3-11,14,16,25H,12-13,15H2,1-2H3,(H2,34,39)(H,35,36,41)/t16-,25?,31-/m1/s1. The van der Waals surface area contributed by atoms with Crippen LogP contribution in [0.25, 0.3) is 11.1 Å². The zero-order valence-electron chi connectivity index (χ0n) is 23.3. The zero-order valence-corrected chi connectivity index (χ0v) is 24.8. The molecule has 6 rings (SSSR count). The van der Waals surface area contributed by atoms with Gasteiger partial charge in [0.2, 0.25) is 11.8 Å². The Balaban J connectivity index is 1.51. The first-order chi connectivity index (χ1) is 20.6. The van der Waals surface area contributed by atoms with E-state index < -0.39 is 34.7 Å². The molecule has 4 aromatic rings. The van der Waals surface area contributed by atoms with Crippen LogP contribution in [0.3, 0.4) is 0 Å². The van der Waals surface area contributed by atoms with Gasteiger partial charge in [-0.05, 0) is 48.6 Å². The zero-order chi connectivity index (χ0) is 30.6. The third-order valence-electron chi connectivity index (χ3n) is 8.30. The molecule has 2 aromatic carbocycles. The Morgan fingerprint density at radius 3 is 2.60 bits per heavy atom. The molecule has 2 aliphatic rings. The Hall–Kier alpha value is -4.25. The van der Waals surface area contributed by atoms with Gasteiger partial charge in [-0.1, -0.05) is 59.6 Å². The van der Waals surface area contributed by atoms with Crippen molar-refractivity contribution in [2.45, 2.75) is 37.3 Å². The molecule has 3 atom stereocenters. The SMILES string of the molecule is COC[C@@H](C)n1c(=O)c(-c2cccc(Cl)c2Cl)cn(C(C(N)=O)c2ccc3c(c2)C[C@@]2(C3)C(=O)Nc3ncccc32)c1=O. The van der Waals surface area contributed by atoms with Crippen LogP contribution in [0.1, 0.15) is 41.3 Å². The molecule has 1 aliphatic heterocycles. The van der Waals surface area contributed by atoms with E-state index in [9.17, 15) is 19.2 Å². The topological polar surface area (TPSA) is 138 Å². The Labute approximate surface area is 256 Å². The summed E-state index contributed by atoms with van der Waals surface area (Å²) >= 11 is 12.8. The van der Waals surface area contributed by atoms with Crippen molar-refractivity contribution in [3.63, 3.8) is 0 Å². The highest BCUT2D eigenvalue weighted by Crippen LogP contribution is 2.47. The first-order valence-electron chi connectivity index (χ1n) is 13.6. The first kappa shape index (κ1) is 28.9. The number of amides is 2. The number of nitrogens with one attached hydrogen (secondary N) is 1. The number of anilines is 1. The van der Waals surface area contributed by atoms with Crippen LogP contribution in [0.15, 0.2) is 70.5 Å². The molecule has 0 radical (unpaired) electrons. The number of methoxy groups -OCH3 is 1. The van der Waals surface area contributed by atoms with Gasteiger partial charge in [-0.2, -0.15) is 0 Å². The van der Waals surface area contributed by atoms with Crippen molar-refractivity contribution in [3.05, 3.63) is 114 Å². The molecule has 1 spiro atoms. The minimum atomic E-state index is -1.28. The van der Waals surface area contributed by atoms with Gasteiger partial charge < -0.3 is 15.8 Å². The first-order valence-corrected chi connectivity index (χ1v) is 14.3. The minimum Gasteiger partial charge on any atom is -0.383 e. The number of hydrogen-bond donors (Lipinski definition) is 2. The van der Waals surface area contributed by atoms with Crippen molar-refractivity contribution in [2.75, 3.05) is 19.0 Å². The van der Waals surface area contributed by atoms with Crippen molar-refractivity contribution in [1.29, 1.82) is 0 Å². The molecule has 220 valence electrons. The van der Waals surface area contributed by atoms with Gasteiger partial charge in [0.25, 0.3) is 5.56 Å². The fourth-order valence-electron chi connectivity index (χ4n) is 6.30. The molecule has 3 heterocycles. The van der Waals surface area contributed by atoms with Crippen molar-refractivity contribution in [1.82, 2.24) is 14.1 Å². The Morgan fingerprint density at radius 2 is 1.86 bits per heavy atom. The molecule has 1 aliphatic carbocycles. The van der Waals surface area contributed by atoms with Crippen LogP contribution in [-0.2, 0) is 32.6 Å². The number of nitrogens with zero attached hydrogens (tertiary/aromatic N) is 3. The Morgan fingerprint density at radius 1 is 1.09 bits per heavy atom. The van der Waals surface area contributed by atoms with Crippen molar-refractivity contribution >= 4 is 40.8 Å². The minimum absolute atomic E-state index is 0.0580. The van der Waals surface area contributed by atoms with Crippen molar-refractivity contribution < 1.29 is 14.3 Å². The number of carbonyl (C=O) groups is 2. The fourth-order valence-corrected chi connectivity index (χ4v) is 6.70. The maximum atomic E-state index is 13.9. The molecule has 10 nitrogen and oxygen atoms in total. The average molecular weight is 620 g/mol. The summed E-state index contributed by atoms with van der Waals surface area (Å²) in [5.74, 6) is -0.402. The fraction of sp³-hybridized carbons (Fsp3) is 0.258. The molecule has 1 unspecified atom stereocenters. The second-order valence-electron chi connectivity index (χ2n) is 10.9. The van der Waals surface area contributed by atoms with E-state index in [2.05, 4.69) is 10.3 Å². The normalized spacial score (nSPS) is 18.3. The van der Waals surface area contributed by atoms with E-state index in [1.165, 1.54) is 13.3 Å². The summed E-state index contributed by atoms with van der Waals surface area (Å²) in [5.41, 5.74) is 7.18. The van der Waals surface area contributed by atoms with E-state index in [1.54, 1.807) is 49.5 Å². The molecule has 2 aromatic heterocycles. The number of ether oxygens (including phenoxy) is 1. The molecule has 3 N–H and O–H groups in total. The lowest BCUT2D eigenvalue weighted by molar-refractivity contribution is -0.121. The van der Waals surface area contributed by atoms with Crippen LogP contribution in [0.4, 0.5) is 5.82 Å². The lowest BCUT2D eigenvalue weighted by Gasteiger charge is -2.23. The van der Waals surface area contributed by atoms with Gasteiger partial charge in [-0.15, -0.1) is 0 Å². The summed E-state index contributed by atoms with van der Waals surface area (Å²) < 4.78 is 7.41. The lowest BCUT2D eigenvalue weighted by atomic mass is 9.79. The summed E-state index contributed by atoms with van der Waals surface area (Å²) in [5, 5.41) is 3.23. The Kier molecular flexibility index (Phi) is 7.24. The van der Waals surface area contributed by atoms with Crippen molar-refractivity contribution in [3.8, 4) is 11.1 Å². The lowest BCUT2D eigenvalue weighted by Crippen LogP contribution is -2.46. The number of fused-ring (bicyclic) bond motifs is 3. The Bertz CT molecular complexity index is 1940. The third-order valence-corrected chi connectivity index (χ3v) is 9.12. The van der Waals surface area contributed by atoms with Crippen LogP contribution >= 0.6 is 23.2 Å². The van der Waals surface area contributed by atoms with Crippen molar-refractivity contribution in [2.24, 2.45) is 5.73 Å². The summed E-state index contributed by atoms with van der Waals surface area (Å²) in [4.78, 5) is 58.3. The number of primary amides is 1. The van der Waals surface area contributed by atoms with Gasteiger partial charge >= 0.3 is 5.69 Å². The molecular formula is C31H27Cl2N5O5. The predicted octanol–water partition coefficient (Wildman–Crippen LogP) is 3.65. The number of aromatic nitrogens is 3. The molecule has 0 fully saturated rings. The smallest absolute Gasteiger partial charge is 0.332 e. The monoisotopic (exact) mass is 619 g/mol. The summed E-state index contributed by atoms with van der Waals surface area (Å²) in [6.45, 7) is 1.72. The second-order valence-corrected chi connectivity index (χ2v) is 11.7. The third kappa shape index (κ3) is 4.57. The van der Waals surface area contributed by atoms with Gasteiger partial charge in [-0.25, -0.2) is 9.78 Å².